The van der Waals surface area contributed by atoms with Gasteiger partial charge in [0.2, 0.25) is 0 Å². The first-order valence-electron chi connectivity index (χ1n) is 4.85. The molecule has 17 heavy (non-hydrogen) atoms. The first-order valence-corrected chi connectivity index (χ1v) is 4.85. The number of hydrogen-bond acceptors (Lipinski definition) is 4. The molecule has 0 aliphatic carbocycles. The molecular weight excluding hydrogens is 225 g/mol. The molecule has 0 bridgehead atoms. The minimum absolute atomic E-state index is 0.0363. The van der Waals surface area contributed by atoms with Crippen molar-refractivity contribution >= 4 is 11.6 Å². The summed E-state index contributed by atoms with van der Waals surface area (Å²) in [5, 5.41) is 11.1. The van der Waals surface area contributed by atoms with Gasteiger partial charge in [-0.05, 0) is 18.2 Å². The first kappa shape index (κ1) is 13.1. The molecule has 0 fully saturated rings. The summed E-state index contributed by atoms with van der Waals surface area (Å²) in [5.74, 6) is -1.07. The maximum absolute atomic E-state index is 13.0. The molecule has 1 rings (SSSR count). The van der Waals surface area contributed by atoms with Gasteiger partial charge in [0.15, 0.2) is 0 Å². The summed E-state index contributed by atoms with van der Waals surface area (Å²) in [6.07, 6.45) is -0.773. The van der Waals surface area contributed by atoms with E-state index in [0.29, 0.717) is 5.69 Å². The minimum Gasteiger partial charge on any atom is -0.370 e. The van der Waals surface area contributed by atoms with Crippen LogP contribution >= 0.6 is 0 Å². The van der Waals surface area contributed by atoms with Crippen molar-refractivity contribution < 1.29 is 13.9 Å². The van der Waals surface area contributed by atoms with Crippen LogP contribution in [0.15, 0.2) is 18.2 Å². The van der Waals surface area contributed by atoms with Gasteiger partial charge >= 0.3 is 0 Å². The standard InChI is InChI=1S/C11H12FN3O2/c1-17-10(6-14)11(16)15-8-2-3-9(12)7(4-8)5-13/h2-4,10H,6,14H2,1H3,(H,15,16). The molecule has 1 atom stereocenters. The fourth-order valence-corrected chi connectivity index (χ4v) is 1.22. The third-order valence-corrected chi connectivity index (χ3v) is 2.15. The molecule has 0 saturated carbocycles. The maximum Gasteiger partial charge on any atom is 0.254 e. The van der Waals surface area contributed by atoms with E-state index in [0.717, 1.165) is 6.07 Å². The molecule has 90 valence electrons. The fraction of sp³-hybridized carbons (Fsp3) is 0.273. The molecule has 0 aliphatic heterocycles. The van der Waals surface area contributed by atoms with E-state index in [1.807, 2.05) is 0 Å². The van der Waals surface area contributed by atoms with Gasteiger partial charge in [0.05, 0.1) is 5.56 Å². The average molecular weight is 237 g/mol. The molecule has 0 radical (unpaired) electrons. The third-order valence-electron chi connectivity index (χ3n) is 2.15. The summed E-state index contributed by atoms with van der Waals surface area (Å²) in [6.45, 7) is 0.0363. The molecule has 3 N–H and O–H groups in total. The molecule has 6 heteroatoms. The number of hydrogen-bond donors (Lipinski definition) is 2. The highest BCUT2D eigenvalue weighted by atomic mass is 19.1. The second kappa shape index (κ2) is 5.94. The number of anilines is 1. The number of benzene rings is 1. The van der Waals surface area contributed by atoms with E-state index in [2.05, 4.69) is 5.32 Å². The monoisotopic (exact) mass is 237 g/mol. The van der Waals surface area contributed by atoms with Gasteiger partial charge in [0.1, 0.15) is 18.0 Å². The summed E-state index contributed by atoms with van der Waals surface area (Å²) in [6, 6.07) is 5.40. The molecular formula is C11H12FN3O2. The molecule has 1 aromatic carbocycles. The Bertz CT molecular complexity index is 453. The zero-order valence-corrected chi connectivity index (χ0v) is 9.24. The lowest BCUT2D eigenvalue weighted by molar-refractivity contribution is -0.125. The van der Waals surface area contributed by atoms with Crippen molar-refractivity contribution in [1.82, 2.24) is 0 Å². The van der Waals surface area contributed by atoms with Crippen molar-refractivity contribution in [2.24, 2.45) is 5.73 Å². The normalized spacial score (nSPS) is 11.6. The summed E-state index contributed by atoms with van der Waals surface area (Å²) >= 11 is 0. The number of nitrogens with one attached hydrogen (secondary N) is 1. The number of amides is 1. The van der Waals surface area contributed by atoms with Gasteiger partial charge < -0.3 is 15.8 Å². The third kappa shape index (κ3) is 3.24. The maximum atomic E-state index is 13.0. The lowest BCUT2D eigenvalue weighted by atomic mass is 10.2. The fourth-order valence-electron chi connectivity index (χ4n) is 1.22. The molecule has 5 nitrogen and oxygen atoms in total. The molecule has 0 spiro atoms. The highest BCUT2D eigenvalue weighted by Gasteiger charge is 2.16. The molecule has 1 aromatic rings. The number of nitrogens with two attached hydrogens (primary N) is 1. The Kier molecular flexibility index (Phi) is 4.57. The van der Waals surface area contributed by atoms with Crippen LogP contribution < -0.4 is 11.1 Å². The predicted molar refractivity (Wildman–Crippen MR) is 59.6 cm³/mol. The van der Waals surface area contributed by atoms with Crippen LogP contribution in [-0.2, 0) is 9.53 Å². The highest BCUT2D eigenvalue weighted by Crippen LogP contribution is 2.14. The number of halogens is 1. The van der Waals surface area contributed by atoms with E-state index < -0.39 is 17.8 Å². The van der Waals surface area contributed by atoms with E-state index in [1.165, 1.54) is 19.2 Å². The Balaban J connectivity index is 2.82. The van der Waals surface area contributed by atoms with Gasteiger partial charge in [-0.3, -0.25) is 4.79 Å². The van der Waals surface area contributed by atoms with Gasteiger partial charge in [0.25, 0.3) is 5.91 Å². The summed E-state index contributed by atoms with van der Waals surface area (Å²) in [5.41, 5.74) is 5.51. The number of methoxy groups -OCH3 is 1. The summed E-state index contributed by atoms with van der Waals surface area (Å²) in [7, 11) is 1.36. The van der Waals surface area contributed by atoms with Crippen molar-refractivity contribution in [3.63, 3.8) is 0 Å². The number of carbonyl (C=O) groups is 1. The molecule has 1 unspecified atom stereocenters. The Labute approximate surface area is 98.0 Å². The summed E-state index contributed by atoms with van der Waals surface area (Å²) < 4.78 is 17.9. The number of carbonyl (C=O) groups excluding carboxylic acids is 1. The van der Waals surface area contributed by atoms with Crippen LogP contribution in [0.25, 0.3) is 0 Å². The Morgan fingerprint density at radius 3 is 2.94 bits per heavy atom. The van der Waals surface area contributed by atoms with Crippen LogP contribution in [0.4, 0.5) is 10.1 Å². The SMILES string of the molecule is COC(CN)C(=O)Nc1ccc(F)c(C#N)c1. The topological polar surface area (TPSA) is 88.1 Å². The second-order valence-corrected chi connectivity index (χ2v) is 3.26. The molecule has 0 heterocycles. The Morgan fingerprint density at radius 2 is 2.41 bits per heavy atom. The Morgan fingerprint density at radius 1 is 1.71 bits per heavy atom. The zero-order chi connectivity index (χ0) is 12.8. The molecule has 0 saturated heterocycles. The van der Waals surface area contributed by atoms with Crippen molar-refractivity contribution in [1.29, 1.82) is 5.26 Å². The van der Waals surface area contributed by atoms with Gasteiger partial charge in [-0.15, -0.1) is 0 Å². The lowest BCUT2D eigenvalue weighted by Gasteiger charge is -2.13. The van der Waals surface area contributed by atoms with Crippen LogP contribution in [0.1, 0.15) is 5.56 Å². The molecule has 0 aromatic heterocycles. The van der Waals surface area contributed by atoms with Gasteiger partial charge in [0, 0.05) is 19.3 Å². The predicted octanol–water partition coefficient (Wildman–Crippen LogP) is 0.610. The lowest BCUT2D eigenvalue weighted by Crippen LogP contribution is -2.35. The van der Waals surface area contributed by atoms with Gasteiger partial charge in [-0.1, -0.05) is 0 Å². The van der Waals surface area contributed by atoms with E-state index in [4.69, 9.17) is 15.7 Å². The first-order chi connectivity index (χ1) is 8.12. The van der Waals surface area contributed by atoms with E-state index in [9.17, 15) is 9.18 Å². The number of nitriles is 1. The minimum atomic E-state index is -0.773. The average Bonchev–Trinajstić information content (AvgIpc) is 2.33. The quantitative estimate of drug-likeness (QED) is 0.803. The number of nitrogens with zero attached hydrogens (tertiary/aromatic N) is 1. The zero-order valence-electron chi connectivity index (χ0n) is 9.24. The van der Waals surface area contributed by atoms with Crippen LogP contribution in [0, 0.1) is 17.1 Å². The van der Waals surface area contributed by atoms with Crippen molar-refractivity contribution in [2.75, 3.05) is 19.0 Å². The van der Waals surface area contributed by atoms with Crippen molar-refractivity contribution in [2.45, 2.75) is 6.10 Å². The van der Waals surface area contributed by atoms with E-state index >= 15 is 0 Å². The number of rotatable bonds is 4. The molecule has 1 amide bonds. The van der Waals surface area contributed by atoms with Crippen LogP contribution in [-0.4, -0.2) is 25.7 Å². The van der Waals surface area contributed by atoms with Crippen LogP contribution in [0.2, 0.25) is 0 Å². The highest BCUT2D eigenvalue weighted by molar-refractivity contribution is 5.94. The largest absolute Gasteiger partial charge is 0.370 e. The number of ether oxygens (including phenoxy) is 1. The van der Waals surface area contributed by atoms with Crippen molar-refractivity contribution in [3.05, 3.63) is 29.6 Å². The van der Waals surface area contributed by atoms with E-state index in [-0.39, 0.29) is 12.1 Å². The molecule has 0 aliphatic rings. The Hall–Kier alpha value is -1.97. The van der Waals surface area contributed by atoms with Gasteiger partial charge in [-0.2, -0.15) is 5.26 Å². The smallest absolute Gasteiger partial charge is 0.254 e. The summed E-state index contributed by atoms with van der Waals surface area (Å²) in [4.78, 5) is 11.6. The van der Waals surface area contributed by atoms with Crippen LogP contribution in [0.5, 0.6) is 0 Å². The van der Waals surface area contributed by atoms with Crippen LogP contribution in [0.3, 0.4) is 0 Å². The van der Waals surface area contributed by atoms with Crippen molar-refractivity contribution in [3.8, 4) is 6.07 Å². The van der Waals surface area contributed by atoms with Gasteiger partial charge in [-0.25, -0.2) is 4.39 Å². The van der Waals surface area contributed by atoms with E-state index in [1.54, 1.807) is 6.07 Å². The second-order valence-electron chi connectivity index (χ2n) is 3.26.